The van der Waals surface area contributed by atoms with Crippen molar-refractivity contribution in [2.75, 3.05) is 26.7 Å². The fourth-order valence-corrected chi connectivity index (χ4v) is 6.01. The maximum atomic E-state index is 12.5. The average Bonchev–Trinajstić information content (AvgIpc) is 2.76. The molecule has 0 spiro atoms. The molecule has 20 heavy (non-hydrogen) atoms. The van der Waals surface area contributed by atoms with Gasteiger partial charge in [-0.2, -0.15) is 4.31 Å². The number of nitrogens with one attached hydrogen (secondary N) is 1. The van der Waals surface area contributed by atoms with Crippen LogP contribution in [-0.2, 0) is 10.0 Å². The van der Waals surface area contributed by atoms with Crippen molar-refractivity contribution in [2.45, 2.75) is 24.2 Å². The largest absolute Gasteiger partial charge is 0.320 e. The number of nitrogens with zero attached hydrogens (tertiary/aromatic N) is 1. The van der Waals surface area contributed by atoms with Crippen LogP contribution in [0, 0.1) is 5.92 Å². The van der Waals surface area contributed by atoms with Crippen LogP contribution in [0.2, 0.25) is 8.67 Å². The lowest BCUT2D eigenvalue weighted by molar-refractivity contribution is 0.263. The summed E-state index contributed by atoms with van der Waals surface area (Å²) in [4.78, 5) is 0.142. The molecule has 0 atom stereocenters. The number of rotatable bonds is 5. The molecule has 0 unspecified atom stereocenters. The Hall–Kier alpha value is 0.150. The molecule has 2 rings (SSSR count). The molecule has 1 aromatic rings. The van der Waals surface area contributed by atoms with Gasteiger partial charge in [0.15, 0.2) is 0 Å². The number of sulfonamides is 1. The van der Waals surface area contributed by atoms with Crippen LogP contribution in [0.15, 0.2) is 11.0 Å². The molecule has 0 radical (unpaired) electrons. The molecule has 0 bridgehead atoms. The first-order valence-corrected chi connectivity index (χ1v) is 9.56. The van der Waals surface area contributed by atoms with Crippen molar-refractivity contribution in [3.8, 4) is 0 Å². The summed E-state index contributed by atoms with van der Waals surface area (Å²) in [6.07, 6.45) is 2.89. The lowest BCUT2D eigenvalue weighted by Crippen LogP contribution is -2.38. The van der Waals surface area contributed by atoms with E-state index in [9.17, 15) is 8.42 Å². The molecular weight excluding hydrogens is 339 g/mol. The van der Waals surface area contributed by atoms with Gasteiger partial charge in [0.25, 0.3) is 0 Å². The SMILES string of the molecule is CNCCC1CCN(S(=O)(=O)c2cc(Cl)sc2Cl)CC1. The first-order chi connectivity index (χ1) is 9.45. The molecular formula is C12H18Cl2N2O2S2. The lowest BCUT2D eigenvalue weighted by Gasteiger charge is -2.31. The van der Waals surface area contributed by atoms with Gasteiger partial charge in [0, 0.05) is 13.1 Å². The summed E-state index contributed by atoms with van der Waals surface area (Å²) >= 11 is 12.9. The zero-order valence-corrected chi connectivity index (χ0v) is 14.4. The summed E-state index contributed by atoms with van der Waals surface area (Å²) in [6.45, 7) is 2.09. The van der Waals surface area contributed by atoms with E-state index in [0.29, 0.717) is 23.3 Å². The van der Waals surface area contributed by atoms with Crippen LogP contribution >= 0.6 is 34.5 Å². The fraction of sp³-hybridized carbons (Fsp3) is 0.667. The normalized spacial score (nSPS) is 18.6. The minimum atomic E-state index is -3.50. The van der Waals surface area contributed by atoms with Crippen molar-refractivity contribution in [3.05, 3.63) is 14.7 Å². The second-order valence-electron chi connectivity index (χ2n) is 4.93. The van der Waals surface area contributed by atoms with Crippen LogP contribution in [0.5, 0.6) is 0 Å². The van der Waals surface area contributed by atoms with Crippen molar-refractivity contribution >= 4 is 44.6 Å². The molecule has 0 amide bonds. The summed E-state index contributed by atoms with van der Waals surface area (Å²) in [7, 11) is -1.57. The molecule has 2 heterocycles. The van der Waals surface area contributed by atoms with Crippen LogP contribution in [-0.4, -0.2) is 39.4 Å². The van der Waals surface area contributed by atoms with Crippen LogP contribution in [0.4, 0.5) is 0 Å². The van der Waals surface area contributed by atoms with Gasteiger partial charge in [0.1, 0.15) is 9.23 Å². The second kappa shape index (κ2) is 6.94. The zero-order chi connectivity index (χ0) is 14.8. The first-order valence-electron chi connectivity index (χ1n) is 6.54. The van der Waals surface area contributed by atoms with E-state index in [2.05, 4.69) is 5.32 Å². The molecule has 0 aliphatic carbocycles. The van der Waals surface area contributed by atoms with E-state index >= 15 is 0 Å². The van der Waals surface area contributed by atoms with E-state index in [-0.39, 0.29) is 9.23 Å². The van der Waals surface area contributed by atoms with Crippen molar-refractivity contribution < 1.29 is 8.42 Å². The minimum absolute atomic E-state index is 0.142. The maximum Gasteiger partial charge on any atom is 0.245 e. The Morgan fingerprint density at radius 1 is 1.40 bits per heavy atom. The molecule has 1 aliphatic rings. The minimum Gasteiger partial charge on any atom is -0.320 e. The van der Waals surface area contributed by atoms with Crippen LogP contribution in [0.3, 0.4) is 0 Å². The summed E-state index contributed by atoms with van der Waals surface area (Å²) in [5, 5.41) is 3.13. The van der Waals surface area contributed by atoms with E-state index < -0.39 is 10.0 Å². The molecule has 0 aromatic carbocycles. The number of thiophene rings is 1. The van der Waals surface area contributed by atoms with Crippen LogP contribution in [0.25, 0.3) is 0 Å². The zero-order valence-electron chi connectivity index (χ0n) is 11.2. The third-order valence-corrected chi connectivity index (χ3v) is 7.27. The standard InChI is InChI=1S/C12H18Cl2N2O2S2/c1-15-5-2-9-3-6-16(7-4-9)20(17,18)10-8-11(13)19-12(10)14/h8-9,15H,2-7H2,1H3. The van der Waals surface area contributed by atoms with E-state index in [1.54, 1.807) is 0 Å². The molecule has 4 nitrogen and oxygen atoms in total. The highest BCUT2D eigenvalue weighted by Gasteiger charge is 2.31. The molecule has 114 valence electrons. The van der Waals surface area contributed by atoms with Gasteiger partial charge >= 0.3 is 0 Å². The van der Waals surface area contributed by atoms with Gasteiger partial charge in [-0.1, -0.05) is 23.2 Å². The number of halogens is 2. The van der Waals surface area contributed by atoms with Crippen LogP contribution < -0.4 is 5.32 Å². The number of piperidine rings is 1. The summed E-state index contributed by atoms with van der Waals surface area (Å²) in [6, 6.07) is 1.44. The maximum absolute atomic E-state index is 12.5. The van der Waals surface area contributed by atoms with E-state index in [4.69, 9.17) is 23.2 Å². The van der Waals surface area contributed by atoms with Gasteiger partial charge in [0.05, 0.1) is 4.34 Å². The van der Waals surface area contributed by atoms with Gasteiger partial charge < -0.3 is 5.32 Å². The Labute approximate surface area is 134 Å². The van der Waals surface area contributed by atoms with Crippen LogP contribution in [0.1, 0.15) is 19.3 Å². The van der Waals surface area contributed by atoms with E-state index in [0.717, 1.165) is 37.1 Å². The van der Waals surface area contributed by atoms with Gasteiger partial charge in [0.2, 0.25) is 10.0 Å². The van der Waals surface area contributed by atoms with Crippen molar-refractivity contribution in [2.24, 2.45) is 5.92 Å². The monoisotopic (exact) mass is 356 g/mol. The van der Waals surface area contributed by atoms with Gasteiger partial charge in [-0.05, 0) is 44.8 Å². The summed E-state index contributed by atoms with van der Waals surface area (Å²) in [5.74, 6) is 0.593. The van der Waals surface area contributed by atoms with Crippen molar-refractivity contribution in [3.63, 3.8) is 0 Å². The highest BCUT2D eigenvalue weighted by molar-refractivity contribution is 7.89. The highest BCUT2D eigenvalue weighted by atomic mass is 35.5. The topological polar surface area (TPSA) is 49.4 Å². The molecule has 8 heteroatoms. The predicted octanol–water partition coefficient (Wildman–Crippen LogP) is 3.07. The predicted molar refractivity (Wildman–Crippen MR) is 84.4 cm³/mol. The van der Waals surface area contributed by atoms with Gasteiger partial charge in [-0.15, -0.1) is 11.3 Å². The third-order valence-electron chi connectivity index (χ3n) is 3.62. The number of hydrogen-bond acceptors (Lipinski definition) is 4. The Morgan fingerprint density at radius 2 is 2.05 bits per heavy atom. The highest BCUT2D eigenvalue weighted by Crippen LogP contribution is 2.36. The fourth-order valence-electron chi connectivity index (χ4n) is 2.43. The summed E-state index contributed by atoms with van der Waals surface area (Å²) in [5.41, 5.74) is 0. The first kappa shape index (κ1) is 16.5. The Bertz CT molecular complexity index is 552. The molecule has 0 saturated carbocycles. The third kappa shape index (κ3) is 3.67. The lowest BCUT2D eigenvalue weighted by atomic mass is 9.95. The van der Waals surface area contributed by atoms with E-state index in [1.165, 1.54) is 10.4 Å². The molecule has 1 saturated heterocycles. The van der Waals surface area contributed by atoms with Gasteiger partial charge in [-0.3, -0.25) is 0 Å². The second-order valence-corrected chi connectivity index (χ2v) is 9.12. The number of hydrogen-bond donors (Lipinski definition) is 1. The smallest absolute Gasteiger partial charge is 0.245 e. The van der Waals surface area contributed by atoms with Crippen molar-refractivity contribution in [1.29, 1.82) is 0 Å². The van der Waals surface area contributed by atoms with E-state index in [1.807, 2.05) is 7.05 Å². The molecule has 1 N–H and O–H groups in total. The van der Waals surface area contributed by atoms with Crippen molar-refractivity contribution in [1.82, 2.24) is 9.62 Å². The molecule has 1 aromatic heterocycles. The molecule has 1 fully saturated rings. The Balaban J connectivity index is 2.04. The van der Waals surface area contributed by atoms with Gasteiger partial charge in [-0.25, -0.2) is 8.42 Å². The Kier molecular flexibility index (Phi) is 5.73. The Morgan fingerprint density at radius 3 is 2.55 bits per heavy atom. The quantitative estimate of drug-likeness (QED) is 0.881. The molecule has 1 aliphatic heterocycles. The summed E-state index contributed by atoms with van der Waals surface area (Å²) < 4.78 is 27.2. The average molecular weight is 357 g/mol.